The maximum atomic E-state index is 12.9. The van der Waals surface area contributed by atoms with Crippen molar-refractivity contribution in [2.75, 3.05) is 26.2 Å². The molecule has 0 N–H and O–H groups in total. The monoisotopic (exact) mass is 356 g/mol. The van der Waals surface area contributed by atoms with E-state index in [1.54, 1.807) is 0 Å². The zero-order chi connectivity index (χ0) is 17.9. The second kappa shape index (κ2) is 7.68. The largest absolute Gasteiger partial charge is 0.490 e. The van der Waals surface area contributed by atoms with Crippen LogP contribution in [0.3, 0.4) is 0 Å². The molecule has 2 saturated heterocycles. The van der Waals surface area contributed by atoms with Crippen LogP contribution in [-0.2, 0) is 9.59 Å². The molecule has 140 valence electrons. The molecule has 0 bridgehead atoms. The number of carbonyl (C=O) groups is 2. The summed E-state index contributed by atoms with van der Waals surface area (Å²) < 4.78 is 6.02. The molecule has 1 aromatic carbocycles. The minimum atomic E-state index is -0.0157. The first kappa shape index (κ1) is 17.4. The van der Waals surface area contributed by atoms with Crippen LogP contribution in [0.25, 0.3) is 0 Å². The van der Waals surface area contributed by atoms with Gasteiger partial charge in [0.05, 0.1) is 5.92 Å². The van der Waals surface area contributed by atoms with Crippen molar-refractivity contribution in [3.63, 3.8) is 0 Å². The average Bonchev–Trinajstić information content (AvgIpc) is 3.54. The molecular formula is C21H28N2O3. The number of para-hydroxylation sites is 1. The van der Waals surface area contributed by atoms with Crippen molar-refractivity contribution in [1.82, 2.24) is 9.80 Å². The fourth-order valence-corrected chi connectivity index (χ4v) is 4.11. The number of amides is 2. The SMILES string of the molecule is O=C(C1CC1)N1CCC[C@H](C(=O)N2CCC(Oc3ccccc3)CC2)C1. The van der Waals surface area contributed by atoms with Gasteiger partial charge in [0.2, 0.25) is 11.8 Å². The van der Waals surface area contributed by atoms with Gasteiger partial charge >= 0.3 is 0 Å². The molecule has 2 aliphatic heterocycles. The number of ether oxygens (including phenoxy) is 1. The molecule has 2 heterocycles. The Hall–Kier alpha value is -2.04. The van der Waals surface area contributed by atoms with Crippen LogP contribution in [0.2, 0.25) is 0 Å². The Labute approximate surface area is 155 Å². The van der Waals surface area contributed by atoms with Crippen molar-refractivity contribution in [2.45, 2.75) is 44.6 Å². The van der Waals surface area contributed by atoms with Gasteiger partial charge in [0.15, 0.2) is 0 Å². The van der Waals surface area contributed by atoms with Gasteiger partial charge in [0.1, 0.15) is 11.9 Å². The van der Waals surface area contributed by atoms with E-state index in [2.05, 4.69) is 0 Å². The fraction of sp³-hybridized carbons (Fsp3) is 0.619. The molecule has 26 heavy (non-hydrogen) atoms. The van der Waals surface area contributed by atoms with Gasteiger partial charge in [-0.3, -0.25) is 9.59 Å². The number of hydrogen-bond donors (Lipinski definition) is 0. The lowest BCUT2D eigenvalue weighted by Crippen LogP contribution is -2.49. The van der Waals surface area contributed by atoms with Gasteiger partial charge in [0.25, 0.3) is 0 Å². The normalized spacial score (nSPS) is 24.4. The number of carbonyl (C=O) groups excluding carboxylic acids is 2. The summed E-state index contributed by atoms with van der Waals surface area (Å²) in [5.74, 6) is 1.64. The van der Waals surface area contributed by atoms with Gasteiger partial charge in [-0.25, -0.2) is 0 Å². The van der Waals surface area contributed by atoms with E-state index in [4.69, 9.17) is 4.74 Å². The molecule has 4 rings (SSSR count). The number of rotatable bonds is 4. The highest BCUT2D eigenvalue weighted by Gasteiger charge is 2.38. The third-order valence-electron chi connectivity index (χ3n) is 5.81. The zero-order valence-electron chi connectivity index (χ0n) is 15.3. The topological polar surface area (TPSA) is 49.9 Å². The Kier molecular flexibility index (Phi) is 5.14. The van der Waals surface area contributed by atoms with E-state index >= 15 is 0 Å². The van der Waals surface area contributed by atoms with Crippen molar-refractivity contribution in [3.05, 3.63) is 30.3 Å². The Bertz CT molecular complexity index is 636. The van der Waals surface area contributed by atoms with Crippen molar-refractivity contribution in [2.24, 2.45) is 11.8 Å². The van der Waals surface area contributed by atoms with E-state index in [1.807, 2.05) is 40.1 Å². The number of hydrogen-bond acceptors (Lipinski definition) is 3. The lowest BCUT2D eigenvalue weighted by molar-refractivity contribution is -0.142. The lowest BCUT2D eigenvalue weighted by Gasteiger charge is -2.38. The van der Waals surface area contributed by atoms with Gasteiger partial charge in [0, 0.05) is 44.9 Å². The highest BCUT2D eigenvalue weighted by Crippen LogP contribution is 2.33. The first-order valence-corrected chi connectivity index (χ1v) is 10.00. The quantitative estimate of drug-likeness (QED) is 0.833. The molecule has 5 heteroatoms. The molecular weight excluding hydrogens is 328 g/mol. The molecule has 0 unspecified atom stereocenters. The second-order valence-corrected chi connectivity index (χ2v) is 7.85. The predicted molar refractivity (Wildman–Crippen MR) is 98.7 cm³/mol. The van der Waals surface area contributed by atoms with Crippen molar-refractivity contribution in [1.29, 1.82) is 0 Å². The zero-order valence-corrected chi connectivity index (χ0v) is 15.3. The van der Waals surface area contributed by atoms with Crippen molar-refractivity contribution >= 4 is 11.8 Å². The molecule has 0 radical (unpaired) electrons. The molecule has 1 aliphatic carbocycles. The number of piperidine rings is 2. The highest BCUT2D eigenvalue weighted by molar-refractivity contribution is 5.83. The van der Waals surface area contributed by atoms with Gasteiger partial charge in [-0.15, -0.1) is 0 Å². The smallest absolute Gasteiger partial charge is 0.227 e. The van der Waals surface area contributed by atoms with Crippen molar-refractivity contribution < 1.29 is 14.3 Å². The maximum absolute atomic E-state index is 12.9. The third kappa shape index (κ3) is 4.02. The summed E-state index contributed by atoms with van der Waals surface area (Å²) in [7, 11) is 0. The summed E-state index contributed by atoms with van der Waals surface area (Å²) >= 11 is 0. The molecule has 0 spiro atoms. The molecule has 2 amide bonds. The number of likely N-dealkylation sites (tertiary alicyclic amines) is 2. The predicted octanol–water partition coefficient (Wildman–Crippen LogP) is 2.71. The summed E-state index contributed by atoms with van der Waals surface area (Å²) in [5.41, 5.74) is 0. The van der Waals surface area contributed by atoms with Crippen LogP contribution in [0, 0.1) is 11.8 Å². The first-order valence-electron chi connectivity index (χ1n) is 10.00. The summed E-state index contributed by atoms with van der Waals surface area (Å²) in [6.07, 6.45) is 5.85. The maximum Gasteiger partial charge on any atom is 0.227 e. The molecule has 1 aromatic rings. The summed E-state index contributed by atoms with van der Waals surface area (Å²) in [6.45, 7) is 2.95. The van der Waals surface area contributed by atoms with Crippen molar-refractivity contribution in [3.8, 4) is 5.75 Å². The summed E-state index contributed by atoms with van der Waals surface area (Å²) in [4.78, 5) is 29.2. The van der Waals surface area contributed by atoms with Crippen LogP contribution >= 0.6 is 0 Å². The average molecular weight is 356 g/mol. The lowest BCUT2D eigenvalue weighted by atomic mass is 9.95. The van der Waals surface area contributed by atoms with Crippen LogP contribution in [0.15, 0.2) is 30.3 Å². The highest BCUT2D eigenvalue weighted by atomic mass is 16.5. The van der Waals surface area contributed by atoms with E-state index in [1.165, 1.54) is 0 Å². The van der Waals surface area contributed by atoms with Crippen LogP contribution < -0.4 is 4.74 Å². The standard InChI is InChI=1S/C21H28N2O3/c24-20(16-8-9-16)23-12-4-5-17(15-23)21(25)22-13-10-19(11-14-22)26-18-6-2-1-3-7-18/h1-3,6-7,16-17,19H,4-5,8-15H2/t17-/m0/s1. The molecule has 0 aromatic heterocycles. The summed E-state index contributed by atoms with van der Waals surface area (Å²) in [5, 5.41) is 0. The molecule has 1 saturated carbocycles. The first-order chi connectivity index (χ1) is 12.7. The fourth-order valence-electron chi connectivity index (χ4n) is 4.11. The second-order valence-electron chi connectivity index (χ2n) is 7.85. The van der Waals surface area contributed by atoms with E-state index in [0.717, 1.165) is 63.9 Å². The van der Waals surface area contributed by atoms with E-state index in [9.17, 15) is 9.59 Å². The van der Waals surface area contributed by atoms with E-state index in [0.29, 0.717) is 6.54 Å². The minimum Gasteiger partial charge on any atom is -0.490 e. The molecule has 5 nitrogen and oxygen atoms in total. The van der Waals surface area contributed by atoms with E-state index in [-0.39, 0.29) is 29.8 Å². The Balaban J connectivity index is 1.27. The van der Waals surface area contributed by atoms with Gasteiger partial charge in [-0.1, -0.05) is 18.2 Å². The Morgan fingerprint density at radius 2 is 1.50 bits per heavy atom. The summed E-state index contributed by atoms with van der Waals surface area (Å²) in [6, 6.07) is 9.89. The van der Waals surface area contributed by atoms with Crippen LogP contribution in [0.1, 0.15) is 38.5 Å². The Morgan fingerprint density at radius 3 is 2.19 bits per heavy atom. The van der Waals surface area contributed by atoms with Crippen LogP contribution in [0.5, 0.6) is 5.75 Å². The Morgan fingerprint density at radius 1 is 0.808 bits per heavy atom. The van der Waals surface area contributed by atoms with E-state index < -0.39 is 0 Å². The molecule has 3 aliphatic rings. The van der Waals surface area contributed by atoms with Crippen LogP contribution in [-0.4, -0.2) is 53.9 Å². The van der Waals surface area contributed by atoms with Gasteiger partial charge in [-0.05, 0) is 37.8 Å². The van der Waals surface area contributed by atoms with Gasteiger partial charge < -0.3 is 14.5 Å². The van der Waals surface area contributed by atoms with Crippen LogP contribution in [0.4, 0.5) is 0 Å². The molecule has 1 atom stereocenters. The number of benzene rings is 1. The number of nitrogens with zero attached hydrogens (tertiary/aromatic N) is 2. The third-order valence-corrected chi connectivity index (χ3v) is 5.81. The minimum absolute atomic E-state index is 0.0157. The van der Waals surface area contributed by atoms with Gasteiger partial charge in [-0.2, -0.15) is 0 Å². The molecule has 3 fully saturated rings.